The Bertz CT molecular complexity index is 362. The molecule has 2 rings (SSSR count). The van der Waals surface area contributed by atoms with Crippen LogP contribution < -0.4 is 0 Å². The molecule has 0 amide bonds. The third kappa shape index (κ3) is 2.65. The van der Waals surface area contributed by atoms with Crippen LogP contribution in [0.2, 0.25) is 0 Å². The van der Waals surface area contributed by atoms with Gasteiger partial charge < -0.3 is 4.90 Å². The predicted octanol–water partition coefficient (Wildman–Crippen LogP) is 3.65. The van der Waals surface area contributed by atoms with Crippen LogP contribution in [-0.4, -0.2) is 18.5 Å². The van der Waals surface area contributed by atoms with E-state index in [1.54, 1.807) is 5.56 Å². The normalized spacial score (nSPS) is 21.9. The summed E-state index contributed by atoms with van der Waals surface area (Å²) in [7, 11) is 2.23. The second kappa shape index (κ2) is 4.21. The first kappa shape index (κ1) is 11.7. The van der Waals surface area contributed by atoms with Crippen LogP contribution in [0.3, 0.4) is 0 Å². The van der Waals surface area contributed by atoms with Crippen molar-refractivity contribution in [1.29, 1.82) is 0 Å². The standard InChI is InChI=1S/C15H23N/c1-15(2,3)9-13-11-16(4)10-12-7-5-6-8-14(12)13/h5-8,13H,9-11H2,1-4H3. The van der Waals surface area contributed by atoms with Gasteiger partial charge in [-0.25, -0.2) is 0 Å². The minimum Gasteiger partial charge on any atom is -0.301 e. The van der Waals surface area contributed by atoms with Crippen LogP contribution in [0, 0.1) is 5.41 Å². The Hall–Kier alpha value is -0.820. The molecule has 0 saturated carbocycles. The fourth-order valence-corrected chi connectivity index (χ4v) is 2.82. The summed E-state index contributed by atoms with van der Waals surface area (Å²) in [4.78, 5) is 2.44. The van der Waals surface area contributed by atoms with Crippen molar-refractivity contribution in [3.05, 3.63) is 35.4 Å². The van der Waals surface area contributed by atoms with Gasteiger partial charge in [0.05, 0.1) is 0 Å². The van der Waals surface area contributed by atoms with Crippen LogP contribution in [0.25, 0.3) is 0 Å². The monoisotopic (exact) mass is 217 g/mol. The molecule has 0 saturated heterocycles. The lowest BCUT2D eigenvalue weighted by atomic mass is 9.78. The largest absolute Gasteiger partial charge is 0.301 e. The number of fused-ring (bicyclic) bond motifs is 1. The first-order chi connectivity index (χ1) is 7.46. The average Bonchev–Trinajstić information content (AvgIpc) is 2.14. The maximum absolute atomic E-state index is 2.44. The summed E-state index contributed by atoms with van der Waals surface area (Å²) in [5.74, 6) is 0.704. The van der Waals surface area contributed by atoms with E-state index in [9.17, 15) is 0 Å². The van der Waals surface area contributed by atoms with Gasteiger partial charge in [0.1, 0.15) is 0 Å². The molecule has 0 aliphatic carbocycles. The van der Waals surface area contributed by atoms with Crippen molar-refractivity contribution in [2.45, 2.75) is 39.7 Å². The maximum Gasteiger partial charge on any atom is 0.0233 e. The molecule has 0 spiro atoms. The van der Waals surface area contributed by atoms with E-state index in [4.69, 9.17) is 0 Å². The van der Waals surface area contributed by atoms with Gasteiger partial charge in [0.2, 0.25) is 0 Å². The van der Waals surface area contributed by atoms with Crippen LogP contribution in [0.15, 0.2) is 24.3 Å². The van der Waals surface area contributed by atoms with E-state index in [1.807, 2.05) is 0 Å². The van der Waals surface area contributed by atoms with E-state index in [2.05, 4.69) is 57.0 Å². The van der Waals surface area contributed by atoms with Crippen molar-refractivity contribution in [3.63, 3.8) is 0 Å². The summed E-state index contributed by atoms with van der Waals surface area (Å²) < 4.78 is 0. The minimum absolute atomic E-state index is 0.413. The highest BCUT2D eigenvalue weighted by Crippen LogP contribution is 2.36. The lowest BCUT2D eigenvalue weighted by molar-refractivity contribution is 0.236. The third-order valence-corrected chi connectivity index (χ3v) is 3.33. The fourth-order valence-electron chi connectivity index (χ4n) is 2.82. The topological polar surface area (TPSA) is 3.24 Å². The zero-order valence-corrected chi connectivity index (χ0v) is 11.0. The van der Waals surface area contributed by atoms with Crippen molar-refractivity contribution in [2.24, 2.45) is 5.41 Å². The van der Waals surface area contributed by atoms with Crippen LogP contribution >= 0.6 is 0 Å². The SMILES string of the molecule is CN1Cc2ccccc2C(CC(C)(C)C)C1. The molecular formula is C15H23N. The lowest BCUT2D eigenvalue weighted by Gasteiger charge is -2.35. The van der Waals surface area contributed by atoms with Crippen molar-refractivity contribution < 1.29 is 0 Å². The Kier molecular flexibility index (Phi) is 3.07. The van der Waals surface area contributed by atoms with Gasteiger partial charge in [-0.1, -0.05) is 45.0 Å². The predicted molar refractivity (Wildman–Crippen MR) is 69.6 cm³/mol. The second-order valence-corrected chi connectivity index (χ2v) is 6.36. The molecule has 1 aliphatic heterocycles. The van der Waals surface area contributed by atoms with Gasteiger partial charge in [-0.3, -0.25) is 0 Å². The molecule has 0 bridgehead atoms. The zero-order valence-electron chi connectivity index (χ0n) is 11.0. The Balaban J connectivity index is 2.27. The van der Waals surface area contributed by atoms with Crippen LogP contribution in [0.4, 0.5) is 0 Å². The summed E-state index contributed by atoms with van der Waals surface area (Å²) >= 11 is 0. The van der Waals surface area contributed by atoms with Gasteiger partial charge in [-0.2, -0.15) is 0 Å². The van der Waals surface area contributed by atoms with Gasteiger partial charge in [0.15, 0.2) is 0 Å². The Morgan fingerprint density at radius 2 is 1.94 bits per heavy atom. The molecule has 1 aromatic carbocycles. The average molecular weight is 217 g/mol. The highest BCUT2D eigenvalue weighted by atomic mass is 15.1. The van der Waals surface area contributed by atoms with Gasteiger partial charge in [-0.15, -0.1) is 0 Å². The van der Waals surface area contributed by atoms with Gasteiger partial charge in [0, 0.05) is 13.1 Å². The van der Waals surface area contributed by atoms with Gasteiger partial charge in [-0.05, 0) is 35.9 Å². The second-order valence-electron chi connectivity index (χ2n) is 6.36. The van der Waals surface area contributed by atoms with E-state index in [1.165, 1.54) is 18.5 Å². The minimum atomic E-state index is 0.413. The summed E-state index contributed by atoms with van der Waals surface area (Å²) in [6.45, 7) is 9.32. The molecule has 1 nitrogen and oxygen atoms in total. The molecule has 0 aromatic heterocycles. The Morgan fingerprint density at radius 3 is 2.62 bits per heavy atom. The van der Waals surface area contributed by atoms with Gasteiger partial charge in [0.25, 0.3) is 0 Å². The van der Waals surface area contributed by atoms with E-state index >= 15 is 0 Å². The fraction of sp³-hybridized carbons (Fsp3) is 0.600. The molecule has 1 aromatic rings. The number of benzene rings is 1. The van der Waals surface area contributed by atoms with Crippen LogP contribution in [0.5, 0.6) is 0 Å². The Labute approximate surface area is 99.5 Å². The molecule has 1 heterocycles. The smallest absolute Gasteiger partial charge is 0.0233 e. The molecule has 0 N–H and O–H groups in total. The Morgan fingerprint density at radius 1 is 1.25 bits per heavy atom. The summed E-state index contributed by atoms with van der Waals surface area (Å²) in [5, 5.41) is 0. The first-order valence-corrected chi connectivity index (χ1v) is 6.22. The molecule has 0 fully saturated rings. The number of nitrogens with zero attached hydrogens (tertiary/aromatic N) is 1. The number of rotatable bonds is 1. The molecule has 1 atom stereocenters. The molecule has 88 valence electrons. The quantitative estimate of drug-likeness (QED) is 0.694. The van der Waals surface area contributed by atoms with Crippen molar-refractivity contribution in [3.8, 4) is 0 Å². The van der Waals surface area contributed by atoms with E-state index in [0.717, 1.165) is 6.54 Å². The lowest BCUT2D eigenvalue weighted by Crippen LogP contribution is -2.32. The number of hydrogen-bond donors (Lipinski definition) is 0. The van der Waals surface area contributed by atoms with Gasteiger partial charge >= 0.3 is 0 Å². The van der Waals surface area contributed by atoms with E-state index in [0.29, 0.717) is 11.3 Å². The van der Waals surface area contributed by atoms with Crippen LogP contribution in [-0.2, 0) is 6.54 Å². The van der Waals surface area contributed by atoms with Crippen molar-refractivity contribution in [1.82, 2.24) is 4.90 Å². The molecular weight excluding hydrogens is 194 g/mol. The molecule has 1 heteroatoms. The number of likely N-dealkylation sites (N-methyl/N-ethyl adjacent to an activating group) is 1. The summed E-state index contributed by atoms with van der Waals surface area (Å²) in [6.07, 6.45) is 1.27. The summed E-state index contributed by atoms with van der Waals surface area (Å²) in [5.41, 5.74) is 3.51. The first-order valence-electron chi connectivity index (χ1n) is 6.22. The molecule has 1 aliphatic rings. The van der Waals surface area contributed by atoms with Crippen LogP contribution in [0.1, 0.15) is 44.2 Å². The van der Waals surface area contributed by atoms with E-state index < -0.39 is 0 Å². The highest BCUT2D eigenvalue weighted by molar-refractivity contribution is 5.32. The maximum atomic E-state index is 2.44. The van der Waals surface area contributed by atoms with E-state index in [-0.39, 0.29) is 0 Å². The third-order valence-electron chi connectivity index (χ3n) is 3.33. The highest BCUT2D eigenvalue weighted by Gasteiger charge is 2.26. The summed E-state index contributed by atoms with van der Waals surface area (Å²) in [6, 6.07) is 8.94. The van der Waals surface area contributed by atoms with Crippen molar-refractivity contribution >= 4 is 0 Å². The molecule has 16 heavy (non-hydrogen) atoms. The zero-order chi connectivity index (χ0) is 11.8. The number of hydrogen-bond acceptors (Lipinski definition) is 1. The van der Waals surface area contributed by atoms with Crippen molar-refractivity contribution in [2.75, 3.05) is 13.6 Å². The molecule has 0 radical (unpaired) electrons. The molecule has 1 unspecified atom stereocenters.